The normalized spacial score (nSPS) is 15.8. The summed E-state index contributed by atoms with van der Waals surface area (Å²) in [6, 6.07) is 21.6. The second kappa shape index (κ2) is 11.8. The second-order valence-electron chi connectivity index (χ2n) is 9.66. The molecular formula is C30H35N3O3. The lowest BCUT2D eigenvalue weighted by Gasteiger charge is -2.38. The maximum Gasteiger partial charge on any atom is 0.261 e. The lowest BCUT2D eigenvalue weighted by molar-refractivity contribution is -0.134. The number of carbonyl (C=O) groups is 2. The van der Waals surface area contributed by atoms with E-state index < -0.39 is 6.10 Å². The van der Waals surface area contributed by atoms with Crippen molar-refractivity contribution in [3.63, 3.8) is 0 Å². The first-order valence-corrected chi connectivity index (χ1v) is 12.8. The molecule has 2 amide bonds. The third kappa shape index (κ3) is 6.11. The van der Waals surface area contributed by atoms with Crippen molar-refractivity contribution in [3.05, 3.63) is 95.3 Å². The molecule has 1 aliphatic rings. The number of hydrogen-bond donors (Lipinski definition) is 1. The van der Waals surface area contributed by atoms with Crippen LogP contribution >= 0.6 is 0 Å². The summed E-state index contributed by atoms with van der Waals surface area (Å²) in [6.07, 6.45) is 2.94. The number of nitrogens with zero attached hydrogens (tertiary/aromatic N) is 2. The molecule has 1 aliphatic heterocycles. The van der Waals surface area contributed by atoms with Gasteiger partial charge in [-0.3, -0.25) is 14.6 Å². The van der Waals surface area contributed by atoms with Crippen LogP contribution in [-0.2, 0) is 22.6 Å². The van der Waals surface area contributed by atoms with Gasteiger partial charge < -0.3 is 15.0 Å². The van der Waals surface area contributed by atoms with Gasteiger partial charge in [0, 0.05) is 19.2 Å². The summed E-state index contributed by atoms with van der Waals surface area (Å²) in [7, 11) is 0. The highest BCUT2D eigenvalue weighted by Crippen LogP contribution is 2.38. The summed E-state index contributed by atoms with van der Waals surface area (Å²) in [5.41, 5.74) is 4.14. The fourth-order valence-electron chi connectivity index (χ4n) is 4.68. The van der Waals surface area contributed by atoms with Gasteiger partial charge in [-0.05, 0) is 59.7 Å². The Morgan fingerprint density at radius 3 is 2.56 bits per heavy atom. The average Bonchev–Trinajstić information content (AvgIpc) is 2.90. The van der Waals surface area contributed by atoms with Crippen LogP contribution in [0.5, 0.6) is 5.75 Å². The van der Waals surface area contributed by atoms with Crippen LogP contribution in [0.25, 0.3) is 0 Å². The smallest absolute Gasteiger partial charge is 0.261 e. The molecule has 0 bridgehead atoms. The maximum absolute atomic E-state index is 13.2. The van der Waals surface area contributed by atoms with E-state index in [0.29, 0.717) is 37.6 Å². The molecule has 36 heavy (non-hydrogen) atoms. The molecule has 0 fully saturated rings. The Labute approximate surface area is 213 Å². The molecule has 188 valence electrons. The van der Waals surface area contributed by atoms with Crippen molar-refractivity contribution in [3.8, 4) is 5.75 Å². The van der Waals surface area contributed by atoms with Crippen LogP contribution in [0.3, 0.4) is 0 Å². The molecule has 0 unspecified atom stereocenters. The van der Waals surface area contributed by atoms with Crippen LogP contribution in [0.4, 0.5) is 0 Å². The highest BCUT2D eigenvalue weighted by atomic mass is 16.5. The van der Waals surface area contributed by atoms with Gasteiger partial charge in [0.25, 0.3) is 5.91 Å². The van der Waals surface area contributed by atoms with Crippen molar-refractivity contribution in [1.29, 1.82) is 0 Å². The summed E-state index contributed by atoms with van der Waals surface area (Å²) in [4.78, 5) is 32.3. The molecule has 1 aromatic heterocycles. The molecule has 3 aromatic rings. The number of rotatable bonds is 9. The largest absolute Gasteiger partial charge is 0.481 e. The van der Waals surface area contributed by atoms with E-state index in [1.807, 2.05) is 60.4 Å². The minimum absolute atomic E-state index is 0.163. The average molecular weight is 486 g/mol. The van der Waals surface area contributed by atoms with Gasteiger partial charge in [0.15, 0.2) is 6.10 Å². The number of hydrogen-bond acceptors (Lipinski definition) is 4. The Balaban J connectivity index is 1.57. The molecule has 2 aromatic carbocycles. The standard InChI is InChI=1S/C30H35N3O3/c1-4-27(30(35)32-20-24-12-8-9-16-31-24)36-25-14-13-22-15-17-33(28(34)18-21(2)3)29(26(22)19-25)23-10-6-5-7-11-23/h5-14,16,19,21,27,29H,4,15,17-18,20H2,1-3H3,(H,32,35)/t27-,29-/m0/s1. The molecular weight excluding hydrogens is 450 g/mol. The molecule has 2 atom stereocenters. The van der Waals surface area contributed by atoms with Gasteiger partial charge in [0.1, 0.15) is 5.75 Å². The van der Waals surface area contributed by atoms with Crippen LogP contribution in [-0.4, -0.2) is 34.3 Å². The Bertz CT molecular complexity index is 1160. The lowest BCUT2D eigenvalue weighted by Crippen LogP contribution is -2.41. The third-order valence-corrected chi connectivity index (χ3v) is 6.48. The number of nitrogens with one attached hydrogen (secondary N) is 1. The molecule has 1 N–H and O–H groups in total. The molecule has 0 spiro atoms. The summed E-state index contributed by atoms with van der Waals surface area (Å²) in [6.45, 7) is 7.12. The van der Waals surface area contributed by atoms with Gasteiger partial charge in [0.2, 0.25) is 5.91 Å². The van der Waals surface area contributed by atoms with E-state index in [2.05, 4.69) is 42.3 Å². The summed E-state index contributed by atoms with van der Waals surface area (Å²) < 4.78 is 6.19. The highest BCUT2D eigenvalue weighted by molar-refractivity contribution is 5.81. The van der Waals surface area contributed by atoms with Crippen LogP contribution in [0.1, 0.15) is 62.0 Å². The van der Waals surface area contributed by atoms with Crippen molar-refractivity contribution in [2.75, 3.05) is 6.54 Å². The number of ether oxygens (including phenoxy) is 1. The van der Waals surface area contributed by atoms with Gasteiger partial charge >= 0.3 is 0 Å². The van der Waals surface area contributed by atoms with Crippen molar-refractivity contribution in [2.45, 2.75) is 58.7 Å². The molecule has 6 heteroatoms. The molecule has 0 saturated heterocycles. The van der Waals surface area contributed by atoms with Gasteiger partial charge in [0.05, 0.1) is 18.3 Å². The minimum Gasteiger partial charge on any atom is -0.481 e. The zero-order valence-corrected chi connectivity index (χ0v) is 21.3. The van der Waals surface area contributed by atoms with Gasteiger partial charge in [-0.15, -0.1) is 0 Å². The number of benzene rings is 2. The second-order valence-corrected chi connectivity index (χ2v) is 9.66. The predicted molar refractivity (Wildman–Crippen MR) is 140 cm³/mol. The lowest BCUT2D eigenvalue weighted by atomic mass is 9.87. The third-order valence-electron chi connectivity index (χ3n) is 6.48. The van der Waals surface area contributed by atoms with Crippen LogP contribution in [0.15, 0.2) is 72.9 Å². The molecule has 0 radical (unpaired) electrons. The van der Waals surface area contributed by atoms with E-state index in [9.17, 15) is 9.59 Å². The monoisotopic (exact) mass is 485 g/mol. The van der Waals surface area contributed by atoms with Crippen LogP contribution in [0, 0.1) is 5.92 Å². The van der Waals surface area contributed by atoms with Crippen molar-refractivity contribution < 1.29 is 14.3 Å². The first-order valence-electron chi connectivity index (χ1n) is 12.8. The first kappa shape index (κ1) is 25.4. The molecule has 6 nitrogen and oxygen atoms in total. The fourth-order valence-corrected chi connectivity index (χ4v) is 4.68. The SMILES string of the molecule is CC[C@H](Oc1ccc2c(c1)[C@H](c1ccccc1)N(C(=O)CC(C)C)CC2)C(=O)NCc1ccccn1. The first-order chi connectivity index (χ1) is 17.5. The number of fused-ring (bicyclic) bond motifs is 1. The summed E-state index contributed by atoms with van der Waals surface area (Å²) in [5, 5.41) is 2.93. The van der Waals surface area contributed by atoms with Crippen LogP contribution < -0.4 is 10.1 Å². The fraction of sp³-hybridized carbons (Fsp3) is 0.367. The topological polar surface area (TPSA) is 71.5 Å². The Morgan fingerprint density at radius 2 is 1.86 bits per heavy atom. The number of aromatic nitrogens is 1. The van der Waals surface area contributed by atoms with Gasteiger partial charge in [-0.2, -0.15) is 0 Å². The molecule has 2 heterocycles. The van der Waals surface area contributed by atoms with E-state index in [1.54, 1.807) is 6.20 Å². The van der Waals surface area contributed by atoms with E-state index in [0.717, 1.165) is 23.2 Å². The maximum atomic E-state index is 13.2. The number of amides is 2. The van der Waals surface area contributed by atoms with E-state index in [-0.39, 0.29) is 17.9 Å². The quantitative estimate of drug-likeness (QED) is 0.459. The van der Waals surface area contributed by atoms with E-state index in [4.69, 9.17) is 4.74 Å². The highest BCUT2D eigenvalue weighted by Gasteiger charge is 2.32. The van der Waals surface area contributed by atoms with Crippen molar-refractivity contribution in [1.82, 2.24) is 15.2 Å². The zero-order chi connectivity index (χ0) is 25.5. The zero-order valence-electron chi connectivity index (χ0n) is 21.3. The molecule has 4 rings (SSSR count). The molecule has 0 aliphatic carbocycles. The van der Waals surface area contributed by atoms with Gasteiger partial charge in [-0.1, -0.05) is 63.2 Å². The predicted octanol–water partition coefficient (Wildman–Crippen LogP) is 5.08. The van der Waals surface area contributed by atoms with Crippen LogP contribution in [0.2, 0.25) is 0 Å². The summed E-state index contributed by atoms with van der Waals surface area (Å²) in [5.74, 6) is 0.915. The molecule has 0 saturated carbocycles. The van der Waals surface area contributed by atoms with E-state index >= 15 is 0 Å². The van der Waals surface area contributed by atoms with Gasteiger partial charge in [-0.25, -0.2) is 0 Å². The van der Waals surface area contributed by atoms with Crippen molar-refractivity contribution >= 4 is 11.8 Å². The van der Waals surface area contributed by atoms with E-state index in [1.165, 1.54) is 5.56 Å². The Hall–Kier alpha value is -3.67. The number of carbonyl (C=O) groups excluding carboxylic acids is 2. The van der Waals surface area contributed by atoms with Crippen molar-refractivity contribution in [2.24, 2.45) is 5.92 Å². The Morgan fingerprint density at radius 1 is 1.08 bits per heavy atom. The minimum atomic E-state index is -0.621. The number of pyridine rings is 1. The summed E-state index contributed by atoms with van der Waals surface area (Å²) >= 11 is 0. The Kier molecular flexibility index (Phi) is 8.36.